The molecule has 20 heavy (non-hydrogen) atoms. The second-order valence-electron chi connectivity index (χ2n) is 4.26. The summed E-state index contributed by atoms with van der Waals surface area (Å²) >= 11 is 0. The van der Waals surface area contributed by atoms with Crippen molar-refractivity contribution >= 4 is 17.1 Å². The number of hydrogen-bond acceptors (Lipinski definition) is 4. The number of carbonyl (C=O) groups excluding carboxylic acids is 1. The smallest absolute Gasteiger partial charge is 0.343 e. The van der Waals surface area contributed by atoms with Gasteiger partial charge in [-0.2, -0.15) is 0 Å². The molecule has 0 atom stereocenters. The Kier molecular flexibility index (Phi) is 2.95. The van der Waals surface area contributed by atoms with E-state index in [1.54, 1.807) is 25.1 Å². The molecule has 0 aliphatic heterocycles. The van der Waals surface area contributed by atoms with Crippen LogP contribution in [0.3, 0.4) is 0 Å². The molecule has 3 aromatic rings. The molecule has 1 aromatic heterocycles. The van der Waals surface area contributed by atoms with E-state index >= 15 is 0 Å². The van der Waals surface area contributed by atoms with Gasteiger partial charge >= 0.3 is 5.97 Å². The maximum Gasteiger partial charge on any atom is 0.343 e. The van der Waals surface area contributed by atoms with E-state index in [9.17, 15) is 9.18 Å². The van der Waals surface area contributed by atoms with Gasteiger partial charge in [0.25, 0.3) is 0 Å². The molecule has 0 unspecified atom stereocenters. The molecular formula is C15H10FNO3. The molecule has 100 valence electrons. The Bertz CT molecular complexity index is 795. The SMILES string of the molecule is Cc1nc2ccc(OC(=O)c3cccc(F)c3)cc2o1. The number of hydrogen-bond donors (Lipinski definition) is 0. The zero-order valence-corrected chi connectivity index (χ0v) is 10.6. The number of ether oxygens (including phenoxy) is 1. The van der Waals surface area contributed by atoms with E-state index in [0.29, 0.717) is 22.7 Å². The van der Waals surface area contributed by atoms with Crippen molar-refractivity contribution in [1.29, 1.82) is 0 Å². The van der Waals surface area contributed by atoms with E-state index in [2.05, 4.69) is 4.98 Å². The summed E-state index contributed by atoms with van der Waals surface area (Å²) in [7, 11) is 0. The highest BCUT2D eigenvalue weighted by atomic mass is 19.1. The van der Waals surface area contributed by atoms with E-state index < -0.39 is 11.8 Å². The van der Waals surface area contributed by atoms with Crippen LogP contribution < -0.4 is 4.74 Å². The average Bonchev–Trinajstić information content (AvgIpc) is 2.78. The molecule has 0 bridgehead atoms. The third-order valence-electron chi connectivity index (χ3n) is 2.74. The second kappa shape index (κ2) is 4.77. The lowest BCUT2D eigenvalue weighted by Crippen LogP contribution is -2.08. The fourth-order valence-electron chi connectivity index (χ4n) is 1.87. The van der Waals surface area contributed by atoms with Gasteiger partial charge in [-0.1, -0.05) is 6.07 Å². The molecule has 3 rings (SSSR count). The van der Waals surface area contributed by atoms with Crippen LogP contribution in [0.4, 0.5) is 4.39 Å². The second-order valence-corrected chi connectivity index (χ2v) is 4.26. The summed E-state index contributed by atoms with van der Waals surface area (Å²) in [6.45, 7) is 1.73. The summed E-state index contributed by atoms with van der Waals surface area (Å²) in [4.78, 5) is 16.0. The number of fused-ring (bicyclic) bond motifs is 1. The van der Waals surface area contributed by atoms with Crippen molar-refractivity contribution in [1.82, 2.24) is 4.98 Å². The van der Waals surface area contributed by atoms with E-state index in [4.69, 9.17) is 9.15 Å². The Morgan fingerprint density at radius 3 is 2.90 bits per heavy atom. The highest BCUT2D eigenvalue weighted by molar-refractivity contribution is 5.91. The molecule has 0 fully saturated rings. The number of aromatic nitrogens is 1. The van der Waals surface area contributed by atoms with Crippen molar-refractivity contribution in [2.75, 3.05) is 0 Å². The first-order valence-corrected chi connectivity index (χ1v) is 5.97. The van der Waals surface area contributed by atoms with Crippen LogP contribution in [0.25, 0.3) is 11.1 Å². The standard InChI is InChI=1S/C15H10FNO3/c1-9-17-13-6-5-12(8-14(13)19-9)20-15(18)10-3-2-4-11(16)7-10/h2-8H,1H3. The predicted molar refractivity (Wildman–Crippen MR) is 70.1 cm³/mol. The van der Waals surface area contributed by atoms with Crippen LogP contribution >= 0.6 is 0 Å². The lowest BCUT2D eigenvalue weighted by molar-refractivity contribution is 0.0734. The summed E-state index contributed by atoms with van der Waals surface area (Å²) in [5, 5.41) is 0. The summed E-state index contributed by atoms with van der Waals surface area (Å²) in [5.74, 6) is -0.252. The van der Waals surface area contributed by atoms with Crippen molar-refractivity contribution in [2.24, 2.45) is 0 Å². The molecule has 0 spiro atoms. The van der Waals surface area contributed by atoms with Crippen LogP contribution in [0, 0.1) is 12.7 Å². The van der Waals surface area contributed by atoms with Gasteiger partial charge in [-0.25, -0.2) is 14.2 Å². The average molecular weight is 271 g/mol. The predicted octanol–water partition coefficient (Wildman–Crippen LogP) is 3.49. The van der Waals surface area contributed by atoms with E-state index in [-0.39, 0.29) is 5.56 Å². The van der Waals surface area contributed by atoms with Gasteiger partial charge in [0.2, 0.25) is 0 Å². The Balaban J connectivity index is 1.87. The molecule has 0 saturated heterocycles. The number of esters is 1. The number of carbonyl (C=O) groups is 1. The molecule has 0 aliphatic carbocycles. The van der Waals surface area contributed by atoms with Crippen molar-refractivity contribution in [2.45, 2.75) is 6.92 Å². The maximum absolute atomic E-state index is 13.0. The van der Waals surface area contributed by atoms with Crippen LogP contribution in [0.2, 0.25) is 0 Å². The van der Waals surface area contributed by atoms with Crippen LogP contribution in [0.1, 0.15) is 16.2 Å². The highest BCUT2D eigenvalue weighted by Crippen LogP contribution is 2.22. The quantitative estimate of drug-likeness (QED) is 0.529. The number of oxazole rings is 1. The number of rotatable bonds is 2. The summed E-state index contributed by atoms with van der Waals surface area (Å²) in [5.41, 5.74) is 1.37. The van der Waals surface area contributed by atoms with Crippen LogP contribution in [0.15, 0.2) is 46.9 Å². The topological polar surface area (TPSA) is 52.3 Å². The fraction of sp³-hybridized carbons (Fsp3) is 0.0667. The van der Waals surface area contributed by atoms with E-state index in [1.807, 2.05) is 0 Å². The van der Waals surface area contributed by atoms with Crippen LogP contribution in [0.5, 0.6) is 5.75 Å². The van der Waals surface area contributed by atoms with Gasteiger partial charge in [0, 0.05) is 13.0 Å². The van der Waals surface area contributed by atoms with Gasteiger partial charge in [0.1, 0.15) is 17.1 Å². The monoisotopic (exact) mass is 271 g/mol. The summed E-state index contributed by atoms with van der Waals surface area (Å²) in [6, 6.07) is 10.2. The third kappa shape index (κ3) is 2.38. The number of aryl methyl sites for hydroxylation is 1. The minimum Gasteiger partial charge on any atom is -0.441 e. The molecule has 0 radical (unpaired) electrons. The normalized spacial score (nSPS) is 10.7. The minimum absolute atomic E-state index is 0.152. The molecule has 4 nitrogen and oxygen atoms in total. The lowest BCUT2D eigenvalue weighted by atomic mass is 10.2. The van der Waals surface area contributed by atoms with Gasteiger partial charge in [0.05, 0.1) is 5.56 Å². The Morgan fingerprint density at radius 2 is 2.10 bits per heavy atom. The van der Waals surface area contributed by atoms with Gasteiger partial charge < -0.3 is 9.15 Å². The van der Waals surface area contributed by atoms with Gasteiger partial charge in [-0.05, 0) is 30.3 Å². The highest BCUT2D eigenvalue weighted by Gasteiger charge is 2.11. The fourth-order valence-corrected chi connectivity index (χ4v) is 1.87. The molecule has 0 N–H and O–H groups in total. The Hall–Kier alpha value is -2.69. The Morgan fingerprint density at radius 1 is 1.25 bits per heavy atom. The number of halogens is 1. The number of benzene rings is 2. The third-order valence-corrected chi connectivity index (χ3v) is 2.74. The van der Waals surface area contributed by atoms with Gasteiger partial charge in [0.15, 0.2) is 11.5 Å². The first-order chi connectivity index (χ1) is 9.61. The molecule has 5 heteroatoms. The summed E-state index contributed by atoms with van der Waals surface area (Å²) in [6.07, 6.45) is 0. The molecule has 2 aromatic carbocycles. The van der Waals surface area contributed by atoms with Crippen molar-refractivity contribution < 1.29 is 18.3 Å². The lowest BCUT2D eigenvalue weighted by Gasteiger charge is -2.03. The zero-order chi connectivity index (χ0) is 14.1. The van der Waals surface area contributed by atoms with Crippen molar-refractivity contribution in [3.05, 3.63) is 59.7 Å². The van der Waals surface area contributed by atoms with Crippen molar-refractivity contribution in [3.63, 3.8) is 0 Å². The molecule has 1 heterocycles. The maximum atomic E-state index is 13.0. The Labute approximate surface area is 113 Å². The molecule has 0 amide bonds. The first-order valence-electron chi connectivity index (χ1n) is 5.97. The minimum atomic E-state index is -0.625. The first kappa shape index (κ1) is 12.3. The summed E-state index contributed by atoms with van der Waals surface area (Å²) < 4.78 is 23.6. The number of nitrogens with zero attached hydrogens (tertiary/aromatic N) is 1. The van der Waals surface area contributed by atoms with Crippen LogP contribution in [-0.4, -0.2) is 11.0 Å². The zero-order valence-electron chi connectivity index (χ0n) is 10.6. The molecule has 0 saturated carbocycles. The largest absolute Gasteiger partial charge is 0.441 e. The van der Waals surface area contributed by atoms with Gasteiger partial charge in [-0.15, -0.1) is 0 Å². The van der Waals surface area contributed by atoms with E-state index in [1.165, 1.54) is 18.2 Å². The van der Waals surface area contributed by atoms with E-state index in [0.717, 1.165) is 6.07 Å². The van der Waals surface area contributed by atoms with Gasteiger partial charge in [-0.3, -0.25) is 0 Å². The van der Waals surface area contributed by atoms with Crippen LogP contribution in [-0.2, 0) is 0 Å². The molecule has 0 aliphatic rings. The van der Waals surface area contributed by atoms with Crippen molar-refractivity contribution in [3.8, 4) is 5.75 Å². The molecular weight excluding hydrogens is 261 g/mol.